The lowest BCUT2D eigenvalue weighted by atomic mass is 10.4. The van der Waals surface area contributed by atoms with Crippen molar-refractivity contribution in [2.24, 2.45) is 0 Å². The van der Waals surface area contributed by atoms with E-state index in [0.717, 1.165) is 6.16 Å². The summed E-state index contributed by atoms with van der Waals surface area (Å²) in [5.74, 6) is 0. The van der Waals surface area contributed by atoms with E-state index in [-0.39, 0.29) is 0 Å². The van der Waals surface area contributed by atoms with Gasteiger partial charge in [0.2, 0.25) is 0 Å². The second-order valence-electron chi connectivity index (χ2n) is 8.97. The van der Waals surface area contributed by atoms with Crippen LogP contribution in [0.1, 0.15) is 6.92 Å². The molecule has 0 saturated carbocycles. The Morgan fingerprint density at radius 1 is 0.704 bits per heavy atom. The average Bonchev–Trinajstić information content (AvgIpc) is 2.53. The van der Waals surface area contributed by atoms with E-state index < -0.39 is 33.1 Å². The van der Waals surface area contributed by atoms with Gasteiger partial charge in [0.25, 0.3) is 0 Å². The van der Waals surface area contributed by atoms with Crippen molar-refractivity contribution in [2.75, 3.05) is 6.16 Å². The summed E-state index contributed by atoms with van der Waals surface area (Å²) in [5.41, 5.74) is 0. The summed E-state index contributed by atoms with van der Waals surface area (Å²) < 4.78 is 13.7. The predicted molar refractivity (Wildman–Crippen MR) is 130 cm³/mol. The molecule has 2 aromatic rings. The normalized spacial score (nSPS) is 14.2. The molecule has 0 heterocycles. The molecule has 1 atom stereocenters. The molecule has 6 heteroatoms. The third-order valence-corrected chi connectivity index (χ3v) is 16.2. The summed E-state index contributed by atoms with van der Waals surface area (Å²) in [6.07, 6.45) is 1.13. The smallest absolute Gasteiger partial charge is 0.349 e. The zero-order valence-corrected chi connectivity index (χ0v) is 22.1. The van der Waals surface area contributed by atoms with Gasteiger partial charge in [0.15, 0.2) is 16.6 Å². The van der Waals surface area contributed by atoms with E-state index in [1.807, 2.05) is 0 Å². The van der Waals surface area contributed by atoms with Gasteiger partial charge in [-0.15, -0.1) is 0 Å². The van der Waals surface area contributed by atoms with Gasteiger partial charge in [-0.2, -0.15) is 0 Å². The first-order valence-electron chi connectivity index (χ1n) is 9.78. The number of benzene rings is 2. The Labute approximate surface area is 170 Å². The molecule has 0 aliphatic rings. The highest BCUT2D eigenvalue weighted by Gasteiger charge is 2.44. The first-order chi connectivity index (χ1) is 12.5. The number of hydrogen-bond acceptors (Lipinski definition) is 2. The molecule has 2 aromatic carbocycles. The minimum Gasteiger partial charge on any atom is -0.433 e. The topological polar surface area (TPSA) is 18.5 Å². The highest BCUT2D eigenvalue weighted by Crippen LogP contribution is 2.33. The third kappa shape index (κ3) is 6.48. The van der Waals surface area contributed by atoms with Crippen LogP contribution in [0.25, 0.3) is 0 Å². The Balaban J connectivity index is 2.60. The molecule has 1 unspecified atom stereocenters. The fourth-order valence-corrected chi connectivity index (χ4v) is 18.4. The van der Waals surface area contributed by atoms with E-state index in [4.69, 9.17) is 8.23 Å². The van der Waals surface area contributed by atoms with Gasteiger partial charge in [-0.25, -0.2) is 0 Å². The molecule has 27 heavy (non-hydrogen) atoms. The summed E-state index contributed by atoms with van der Waals surface area (Å²) in [5, 5.41) is 4.21. The van der Waals surface area contributed by atoms with E-state index >= 15 is 0 Å². The van der Waals surface area contributed by atoms with Gasteiger partial charge < -0.3 is 8.23 Å². The quantitative estimate of drug-likeness (QED) is 0.424. The molecule has 2 rings (SSSR count). The monoisotopic (exact) mass is 434 g/mol. The van der Waals surface area contributed by atoms with E-state index in [2.05, 4.69) is 107 Å². The molecule has 2 nitrogen and oxygen atoms in total. The summed E-state index contributed by atoms with van der Waals surface area (Å²) in [7, 11) is -6.44. The van der Waals surface area contributed by atoms with Crippen LogP contribution in [0.15, 0.2) is 54.6 Å². The first-order valence-corrected chi connectivity index (χ1v) is 20.4. The first kappa shape index (κ1) is 22.7. The van der Waals surface area contributed by atoms with Crippen molar-refractivity contribution < 1.29 is 8.23 Å². The van der Waals surface area contributed by atoms with Crippen LogP contribution in [0, 0.1) is 0 Å². The van der Waals surface area contributed by atoms with Gasteiger partial charge in [-0.1, -0.05) is 61.5 Å². The molecule has 148 valence electrons. The van der Waals surface area contributed by atoms with E-state index in [1.54, 1.807) is 0 Å². The standard InChI is InChI=1S/C21H35O2PSi3/c1-9-24(19-15-11-10-12-16-19)20-17-13-14-18-21(20)27(8,22-25(2,3)4)23-26(5,6)7/h10-18H,9H2,1-8H3. The second-order valence-corrected chi connectivity index (χ2v) is 24.0. The summed E-state index contributed by atoms with van der Waals surface area (Å²) >= 11 is 0. The molecule has 0 amide bonds. The minimum absolute atomic E-state index is 0.411. The van der Waals surface area contributed by atoms with Crippen molar-refractivity contribution in [1.29, 1.82) is 0 Å². The lowest BCUT2D eigenvalue weighted by molar-refractivity contribution is 0.405. The van der Waals surface area contributed by atoms with Gasteiger partial charge in [0, 0.05) is 5.19 Å². The van der Waals surface area contributed by atoms with Crippen molar-refractivity contribution in [2.45, 2.75) is 52.8 Å². The van der Waals surface area contributed by atoms with Crippen LogP contribution in [-0.4, -0.2) is 31.4 Å². The van der Waals surface area contributed by atoms with Crippen molar-refractivity contribution in [3.63, 3.8) is 0 Å². The van der Waals surface area contributed by atoms with Crippen LogP contribution in [0.5, 0.6) is 0 Å². The molecule has 0 fully saturated rings. The third-order valence-electron chi connectivity index (χ3n) is 4.07. The van der Waals surface area contributed by atoms with Gasteiger partial charge in [0.05, 0.1) is 0 Å². The molecule has 0 aliphatic carbocycles. The summed E-state index contributed by atoms with van der Waals surface area (Å²) in [4.78, 5) is 0. The summed E-state index contributed by atoms with van der Waals surface area (Å²) in [6, 6.07) is 19.8. The Hall–Kier alpha value is -0.559. The molecule has 0 saturated heterocycles. The van der Waals surface area contributed by atoms with Crippen LogP contribution in [0.3, 0.4) is 0 Å². The largest absolute Gasteiger partial charge is 0.433 e. The van der Waals surface area contributed by atoms with Crippen LogP contribution in [0.2, 0.25) is 45.8 Å². The molecule has 0 spiro atoms. The highest BCUT2D eigenvalue weighted by molar-refractivity contribution is 7.73. The zero-order valence-electron chi connectivity index (χ0n) is 18.2. The Morgan fingerprint density at radius 3 is 1.67 bits per heavy atom. The molecular formula is C21H35O2PSi3. The summed E-state index contributed by atoms with van der Waals surface area (Å²) in [6.45, 7) is 18.2. The van der Waals surface area contributed by atoms with Crippen LogP contribution in [0.4, 0.5) is 0 Å². The molecular weight excluding hydrogens is 399 g/mol. The average molecular weight is 435 g/mol. The molecule has 0 aromatic heterocycles. The van der Waals surface area contributed by atoms with Crippen LogP contribution < -0.4 is 15.8 Å². The van der Waals surface area contributed by atoms with Gasteiger partial charge in [-0.3, -0.25) is 0 Å². The number of rotatable bonds is 8. The van der Waals surface area contributed by atoms with Gasteiger partial charge in [0.1, 0.15) is 0 Å². The van der Waals surface area contributed by atoms with Crippen molar-refractivity contribution in [1.82, 2.24) is 0 Å². The predicted octanol–water partition coefficient (Wildman–Crippen LogP) is 5.12. The van der Waals surface area contributed by atoms with Crippen molar-refractivity contribution in [3.05, 3.63) is 54.6 Å². The molecule has 0 radical (unpaired) electrons. The van der Waals surface area contributed by atoms with Gasteiger partial charge in [-0.05, 0) is 70.5 Å². The fourth-order valence-electron chi connectivity index (χ4n) is 3.49. The second kappa shape index (κ2) is 8.85. The van der Waals surface area contributed by atoms with Gasteiger partial charge >= 0.3 is 8.56 Å². The zero-order chi connectivity index (χ0) is 20.3. The minimum atomic E-state index is -2.51. The molecule has 0 aliphatic heterocycles. The SMILES string of the molecule is CCP(c1ccccc1)c1ccccc1[Si](C)(O[Si](C)(C)C)O[Si](C)(C)C. The Bertz CT molecular complexity index is 723. The molecule has 0 N–H and O–H groups in total. The van der Waals surface area contributed by atoms with Crippen LogP contribution in [-0.2, 0) is 8.23 Å². The van der Waals surface area contributed by atoms with E-state index in [0.29, 0.717) is 0 Å². The lowest BCUT2D eigenvalue weighted by Gasteiger charge is -2.40. The maximum atomic E-state index is 6.86. The Kier molecular flexibility index (Phi) is 7.45. The highest BCUT2D eigenvalue weighted by atomic mass is 31.1. The fraction of sp³-hybridized carbons (Fsp3) is 0.429. The maximum absolute atomic E-state index is 6.86. The Morgan fingerprint density at radius 2 is 1.19 bits per heavy atom. The molecule has 0 bridgehead atoms. The van der Waals surface area contributed by atoms with Crippen molar-refractivity contribution in [3.8, 4) is 0 Å². The number of hydrogen-bond donors (Lipinski definition) is 0. The lowest BCUT2D eigenvalue weighted by Crippen LogP contribution is -2.63. The van der Waals surface area contributed by atoms with E-state index in [1.165, 1.54) is 15.8 Å². The maximum Gasteiger partial charge on any atom is 0.349 e. The van der Waals surface area contributed by atoms with E-state index in [9.17, 15) is 0 Å². The van der Waals surface area contributed by atoms with Crippen LogP contribution >= 0.6 is 7.92 Å². The van der Waals surface area contributed by atoms with Crippen molar-refractivity contribution >= 4 is 48.9 Å².